The van der Waals surface area contributed by atoms with Crippen LogP contribution in [0.4, 0.5) is 11.4 Å². The van der Waals surface area contributed by atoms with Crippen molar-refractivity contribution in [2.75, 3.05) is 5.43 Å². The van der Waals surface area contributed by atoms with Crippen molar-refractivity contribution in [1.82, 2.24) is 4.72 Å². The summed E-state index contributed by atoms with van der Waals surface area (Å²) in [6, 6.07) is 3.60. The number of nitrogen functional groups attached to an aromatic ring is 1. The van der Waals surface area contributed by atoms with Crippen LogP contribution in [-0.2, 0) is 10.0 Å². The Kier molecular flexibility index (Phi) is 5.43. The van der Waals surface area contributed by atoms with Crippen LogP contribution >= 0.6 is 0 Å². The molecule has 0 amide bonds. The van der Waals surface area contributed by atoms with Gasteiger partial charge in [-0.3, -0.25) is 16.0 Å². The van der Waals surface area contributed by atoms with Crippen molar-refractivity contribution in [3.8, 4) is 0 Å². The summed E-state index contributed by atoms with van der Waals surface area (Å²) in [6.45, 7) is 3.63. The van der Waals surface area contributed by atoms with E-state index in [2.05, 4.69) is 10.1 Å². The molecule has 0 spiro atoms. The van der Waals surface area contributed by atoms with Gasteiger partial charge in [-0.2, -0.15) is 0 Å². The summed E-state index contributed by atoms with van der Waals surface area (Å²) < 4.78 is 26.9. The largest absolute Gasteiger partial charge is 0.318 e. The smallest absolute Gasteiger partial charge is 0.313 e. The molecule has 0 radical (unpaired) electrons. The first-order chi connectivity index (χ1) is 9.33. The van der Waals surface area contributed by atoms with Gasteiger partial charge in [0.05, 0.1) is 4.92 Å². The number of para-hydroxylation sites is 1. The molecule has 1 aromatic rings. The quantitative estimate of drug-likeness (QED) is 0.396. The number of anilines is 1. The predicted molar refractivity (Wildman–Crippen MR) is 75.6 cm³/mol. The molecule has 0 aliphatic heterocycles. The van der Waals surface area contributed by atoms with Crippen molar-refractivity contribution in [2.45, 2.75) is 37.6 Å². The van der Waals surface area contributed by atoms with Gasteiger partial charge in [-0.15, -0.1) is 0 Å². The van der Waals surface area contributed by atoms with E-state index in [1.807, 2.05) is 6.92 Å². The summed E-state index contributed by atoms with van der Waals surface area (Å²) in [5, 5.41) is 11.1. The van der Waals surface area contributed by atoms with Gasteiger partial charge in [0.1, 0.15) is 5.69 Å². The average molecular weight is 302 g/mol. The number of rotatable bonds is 7. The van der Waals surface area contributed by atoms with E-state index in [-0.39, 0.29) is 11.7 Å². The minimum atomic E-state index is -3.98. The van der Waals surface area contributed by atoms with Gasteiger partial charge < -0.3 is 5.43 Å². The Balaban J connectivity index is 3.28. The first-order valence-electron chi connectivity index (χ1n) is 6.09. The highest BCUT2D eigenvalue weighted by Crippen LogP contribution is 2.31. The van der Waals surface area contributed by atoms with Crippen molar-refractivity contribution >= 4 is 21.4 Å². The average Bonchev–Trinajstić information content (AvgIpc) is 2.37. The number of nitrogens with zero attached hydrogens (tertiary/aromatic N) is 1. The Morgan fingerprint density at radius 3 is 2.60 bits per heavy atom. The van der Waals surface area contributed by atoms with Gasteiger partial charge in [0.25, 0.3) is 0 Å². The van der Waals surface area contributed by atoms with Crippen LogP contribution in [0.2, 0.25) is 0 Å². The standard InChI is InChI=1S/C11H18N4O4S/c1-3-5-8(2)14-20(18,19)10-7-4-6-9(13-12)11(10)15(16)17/h4,6-8,13-14H,3,5,12H2,1-2H3. The predicted octanol–water partition coefficient (Wildman–Crippen LogP) is 1.35. The molecule has 1 unspecified atom stereocenters. The highest BCUT2D eigenvalue weighted by Gasteiger charge is 2.29. The molecule has 0 fully saturated rings. The van der Waals surface area contributed by atoms with Crippen LogP contribution in [0.25, 0.3) is 0 Å². The number of nitrogens with two attached hydrogens (primary N) is 1. The fraction of sp³-hybridized carbons (Fsp3) is 0.455. The number of sulfonamides is 1. The highest BCUT2D eigenvalue weighted by molar-refractivity contribution is 7.89. The lowest BCUT2D eigenvalue weighted by molar-refractivity contribution is -0.386. The van der Waals surface area contributed by atoms with Gasteiger partial charge in [-0.1, -0.05) is 19.4 Å². The summed E-state index contributed by atoms with van der Waals surface area (Å²) in [6.07, 6.45) is 1.44. The minimum absolute atomic E-state index is 0.0546. The molecule has 9 heteroatoms. The van der Waals surface area contributed by atoms with Crippen LogP contribution in [0, 0.1) is 10.1 Å². The number of nitro benzene ring substituents is 1. The van der Waals surface area contributed by atoms with E-state index in [0.29, 0.717) is 6.42 Å². The monoisotopic (exact) mass is 302 g/mol. The van der Waals surface area contributed by atoms with Gasteiger partial charge in [0.15, 0.2) is 4.90 Å². The second kappa shape index (κ2) is 6.64. The van der Waals surface area contributed by atoms with Gasteiger partial charge >= 0.3 is 5.69 Å². The van der Waals surface area contributed by atoms with Crippen LogP contribution in [0.5, 0.6) is 0 Å². The first-order valence-corrected chi connectivity index (χ1v) is 7.58. The zero-order valence-electron chi connectivity index (χ0n) is 11.3. The molecule has 4 N–H and O–H groups in total. The van der Waals surface area contributed by atoms with Crippen LogP contribution < -0.4 is 16.0 Å². The normalized spacial score (nSPS) is 12.9. The molecule has 0 aliphatic carbocycles. The van der Waals surface area contributed by atoms with E-state index in [0.717, 1.165) is 6.42 Å². The first kappa shape index (κ1) is 16.3. The third kappa shape index (κ3) is 3.65. The minimum Gasteiger partial charge on any atom is -0.318 e. The van der Waals surface area contributed by atoms with Gasteiger partial charge in [-0.25, -0.2) is 13.1 Å². The maximum Gasteiger partial charge on any atom is 0.313 e. The van der Waals surface area contributed by atoms with Crippen molar-refractivity contribution in [3.05, 3.63) is 28.3 Å². The Labute approximate surface area is 117 Å². The second-order valence-corrected chi connectivity index (χ2v) is 6.05. The fourth-order valence-corrected chi connectivity index (χ4v) is 3.34. The molecule has 1 rings (SSSR count). The lowest BCUT2D eigenvalue weighted by Crippen LogP contribution is -2.33. The molecule has 8 nitrogen and oxygen atoms in total. The highest BCUT2D eigenvalue weighted by atomic mass is 32.2. The Morgan fingerprint density at radius 2 is 2.10 bits per heavy atom. The zero-order valence-corrected chi connectivity index (χ0v) is 12.1. The van der Waals surface area contributed by atoms with E-state index < -0.39 is 25.5 Å². The Morgan fingerprint density at radius 1 is 1.45 bits per heavy atom. The van der Waals surface area contributed by atoms with Gasteiger partial charge in [-0.05, 0) is 25.5 Å². The fourth-order valence-electron chi connectivity index (χ4n) is 1.86. The third-order valence-electron chi connectivity index (χ3n) is 2.70. The van der Waals surface area contributed by atoms with E-state index >= 15 is 0 Å². The van der Waals surface area contributed by atoms with E-state index in [9.17, 15) is 18.5 Å². The summed E-state index contributed by atoms with van der Waals surface area (Å²) in [7, 11) is -3.98. The molecule has 0 bridgehead atoms. The molecule has 0 saturated carbocycles. The SMILES string of the molecule is CCCC(C)NS(=O)(=O)c1cccc(NN)c1[N+](=O)[O-]. The number of benzene rings is 1. The lowest BCUT2D eigenvalue weighted by Gasteiger charge is -2.14. The molecule has 20 heavy (non-hydrogen) atoms. The number of hydrogen-bond acceptors (Lipinski definition) is 6. The van der Waals surface area contributed by atoms with Crippen LogP contribution in [-0.4, -0.2) is 19.4 Å². The van der Waals surface area contributed by atoms with Gasteiger partial charge in [0.2, 0.25) is 10.0 Å². The molecule has 1 aromatic carbocycles. The molecule has 0 aromatic heterocycles. The zero-order chi connectivity index (χ0) is 15.3. The van der Waals surface area contributed by atoms with Crippen LogP contribution in [0.15, 0.2) is 23.1 Å². The van der Waals surface area contributed by atoms with E-state index in [1.54, 1.807) is 6.92 Å². The summed E-state index contributed by atoms with van der Waals surface area (Å²) in [4.78, 5) is 9.91. The van der Waals surface area contributed by atoms with Crippen LogP contribution in [0.1, 0.15) is 26.7 Å². The number of hydrazine groups is 1. The van der Waals surface area contributed by atoms with E-state index in [4.69, 9.17) is 5.84 Å². The molecule has 112 valence electrons. The van der Waals surface area contributed by atoms with Crippen molar-refractivity contribution < 1.29 is 13.3 Å². The Bertz CT molecular complexity index is 588. The van der Waals surface area contributed by atoms with Crippen molar-refractivity contribution in [1.29, 1.82) is 0 Å². The number of nitro groups is 1. The van der Waals surface area contributed by atoms with Crippen molar-refractivity contribution in [3.63, 3.8) is 0 Å². The molecule has 0 saturated heterocycles. The number of hydrogen-bond donors (Lipinski definition) is 3. The molecule has 1 atom stereocenters. The maximum absolute atomic E-state index is 12.2. The topological polar surface area (TPSA) is 127 Å². The number of nitrogens with one attached hydrogen (secondary N) is 2. The van der Waals surface area contributed by atoms with Crippen molar-refractivity contribution in [2.24, 2.45) is 5.84 Å². The van der Waals surface area contributed by atoms with Gasteiger partial charge in [0, 0.05) is 6.04 Å². The maximum atomic E-state index is 12.2. The summed E-state index contributed by atoms with van der Waals surface area (Å²) >= 11 is 0. The molecule has 0 aliphatic rings. The van der Waals surface area contributed by atoms with Crippen LogP contribution in [0.3, 0.4) is 0 Å². The summed E-state index contributed by atoms with van der Waals surface area (Å²) in [5.41, 5.74) is 1.52. The van der Waals surface area contributed by atoms with E-state index in [1.165, 1.54) is 18.2 Å². The molecular weight excluding hydrogens is 284 g/mol. The molecular formula is C11H18N4O4S. The lowest BCUT2D eigenvalue weighted by atomic mass is 10.2. The Hall–Kier alpha value is -1.71. The third-order valence-corrected chi connectivity index (χ3v) is 4.33. The second-order valence-electron chi connectivity index (χ2n) is 4.36. The summed E-state index contributed by atoms with van der Waals surface area (Å²) in [5.74, 6) is 5.18. The molecule has 0 heterocycles.